The van der Waals surface area contributed by atoms with Gasteiger partial charge in [0, 0.05) is 0 Å². The minimum atomic E-state index is -0.167. The number of hydrogen-bond acceptors (Lipinski definition) is 2. The van der Waals surface area contributed by atoms with Gasteiger partial charge >= 0.3 is 0 Å². The van der Waals surface area contributed by atoms with Crippen molar-refractivity contribution in [2.45, 2.75) is 26.4 Å². The topological polar surface area (TPSA) is 18.5 Å². The van der Waals surface area contributed by atoms with Crippen LogP contribution in [-0.2, 0) is 0 Å². The summed E-state index contributed by atoms with van der Waals surface area (Å²) in [6.45, 7) is 6.14. The molecule has 0 saturated heterocycles. The van der Waals surface area contributed by atoms with Gasteiger partial charge in [0.05, 0.1) is 7.11 Å². The minimum absolute atomic E-state index is 0.167. The zero-order valence-electron chi connectivity index (χ0n) is 10.8. The van der Waals surface area contributed by atoms with E-state index in [2.05, 4.69) is 12.1 Å². The number of hydrogen-bond donors (Lipinski definition) is 0. The molecule has 0 atom stereocenters. The van der Waals surface area contributed by atoms with E-state index in [4.69, 9.17) is 9.47 Å². The molecule has 90 valence electrons. The number of rotatable bonds is 2. The van der Waals surface area contributed by atoms with Gasteiger partial charge in [-0.2, -0.15) is 0 Å². The van der Waals surface area contributed by atoms with Crippen LogP contribution in [0.4, 0.5) is 0 Å². The number of methoxy groups -OCH3 is 1. The maximum absolute atomic E-state index is 5.84. The molecule has 0 bridgehead atoms. The van der Waals surface area contributed by atoms with Crippen LogP contribution in [0.3, 0.4) is 0 Å². The maximum Gasteiger partial charge on any atom is 0.120 e. The van der Waals surface area contributed by atoms with Gasteiger partial charge in [-0.3, -0.25) is 0 Å². The van der Waals surface area contributed by atoms with Crippen LogP contribution in [0.5, 0.6) is 11.5 Å². The van der Waals surface area contributed by atoms with Gasteiger partial charge in [-0.25, -0.2) is 0 Å². The Bertz CT molecular complexity index is 524. The summed E-state index contributed by atoms with van der Waals surface area (Å²) >= 11 is 0. The van der Waals surface area contributed by atoms with Crippen molar-refractivity contribution in [3.8, 4) is 11.5 Å². The second-order valence-electron chi connectivity index (χ2n) is 5.09. The summed E-state index contributed by atoms with van der Waals surface area (Å²) in [6, 6.07) is 12.1. The molecule has 0 aliphatic carbocycles. The molecule has 0 aromatic heterocycles. The van der Waals surface area contributed by atoms with E-state index < -0.39 is 0 Å². The first-order chi connectivity index (χ1) is 7.98. The molecule has 0 N–H and O–H groups in total. The van der Waals surface area contributed by atoms with Gasteiger partial charge in [0.2, 0.25) is 0 Å². The maximum atomic E-state index is 5.84. The van der Waals surface area contributed by atoms with Crippen molar-refractivity contribution in [3.63, 3.8) is 0 Å². The van der Waals surface area contributed by atoms with E-state index in [-0.39, 0.29) is 5.60 Å². The van der Waals surface area contributed by atoms with Crippen molar-refractivity contribution >= 4 is 10.8 Å². The van der Waals surface area contributed by atoms with Crippen molar-refractivity contribution in [1.82, 2.24) is 0 Å². The first-order valence-electron chi connectivity index (χ1n) is 5.75. The molecule has 17 heavy (non-hydrogen) atoms. The van der Waals surface area contributed by atoms with Crippen LogP contribution >= 0.6 is 0 Å². The summed E-state index contributed by atoms with van der Waals surface area (Å²) in [5.74, 6) is 1.78. The summed E-state index contributed by atoms with van der Waals surface area (Å²) in [7, 11) is 1.68. The Hall–Kier alpha value is -1.70. The number of fused-ring (bicyclic) bond motifs is 1. The lowest BCUT2D eigenvalue weighted by Gasteiger charge is -2.21. The van der Waals surface area contributed by atoms with Crippen LogP contribution in [0.15, 0.2) is 36.4 Å². The highest BCUT2D eigenvalue weighted by Crippen LogP contribution is 2.26. The van der Waals surface area contributed by atoms with E-state index in [9.17, 15) is 0 Å². The largest absolute Gasteiger partial charge is 0.497 e. The van der Waals surface area contributed by atoms with Crippen LogP contribution in [0.2, 0.25) is 0 Å². The summed E-state index contributed by atoms with van der Waals surface area (Å²) in [5, 5.41) is 2.32. The lowest BCUT2D eigenvalue weighted by Crippen LogP contribution is -2.22. The van der Waals surface area contributed by atoms with Gasteiger partial charge in [-0.05, 0) is 55.8 Å². The van der Waals surface area contributed by atoms with Crippen molar-refractivity contribution in [1.29, 1.82) is 0 Å². The van der Waals surface area contributed by atoms with Gasteiger partial charge in [-0.15, -0.1) is 0 Å². The molecule has 0 aliphatic rings. The third-order valence-electron chi connectivity index (χ3n) is 2.44. The van der Waals surface area contributed by atoms with E-state index in [1.807, 2.05) is 45.0 Å². The van der Waals surface area contributed by atoms with Crippen LogP contribution in [0, 0.1) is 0 Å². The standard InChI is InChI=1S/C15H18O2/c1-15(2,3)17-14-8-6-11-9-13(16-4)7-5-12(11)10-14/h5-10H,1-4H3. The second-order valence-corrected chi connectivity index (χ2v) is 5.09. The van der Waals surface area contributed by atoms with Gasteiger partial charge in [0.25, 0.3) is 0 Å². The molecule has 0 fully saturated rings. The Kier molecular flexibility index (Phi) is 2.97. The van der Waals surface area contributed by atoms with Gasteiger partial charge < -0.3 is 9.47 Å². The molecular formula is C15H18O2. The summed E-state index contributed by atoms with van der Waals surface area (Å²) in [6.07, 6.45) is 0. The Balaban J connectivity index is 2.38. The smallest absolute Gasteiger partial charge is 0.120 e. The van der Waals surface area contributed by atoms with Gasteiger partial charge in [-0.1, -0.05) is 12.1 Å². The van der Waals surface area contributed by atoms with Crippen LogP contribution < -0.4 is 9.47 Å². The van der Waals surface area contributed by atoms with E-state index in [1.165, 1.54) is 0 Å². The van der Waals surface area contributed by atoms with E-state index in [1.54, 1.807) is 7.11 Å². The molecule has 2 aromatic rings. The molecule has 0 spiro atoms. The summed E-state index contributed by atoms with van der Waals surface area (Å²) in [5.41, 5.74) is -0.167. The Morgan fingerprint density at radius 1 is 0.824 bits per heavy atom. The monoisotopic (exact) mass is 230 g/mol. The predicted octanol–water partition coefficient (Wildman–Crippen LogP) is 4.03. The zero-order chi connectivity index (χ0) is 12.5. The van der Waals surface area contributed by atoms with E-state index >= 15 is 0 Å². The van der Waals surface area contributed by atoms with Crippen LogP contribution in [0.1, 0.15) is 20.8 Å². The molecule has 2 aromatic carbocycles. The quantitative estimate of drug-likeness (QED) is 0.775. The number of ether oxygens (including phenoxy) is 2. The minimum Gasteiger partial charge on any atom is -0.497 e. The molecule has 2 heteroatoms. The molecule has 2 nitrogen and oxygen atoms in total. The molecule has 0 radical (unpaired) electrons. The lowest BCUT2D eigenvalue weighted by molar-refractivity contribution is 0.131. The highest BCUT2D eigenvalue weighted by Gasteiger charge is 2.11. The summed E-state index contributed by atoms with van der Waals surface area (Å²) in [4.78, 5) is 0. The van der Waals surface area contributed by atoms with Crippen LogP contribution in [0.25, 0.3) is 10.8 Å². The van der Waals surface area contributed by atoms with E-state index in [0.717, 1.165) is 22.3 Å². The zero-order valence-corrected chi connectivity index (χ0v) is 10.8. The first kappa shape index (κ1) is 11.8. The molecular weight excluding hydrogens is 212 g/mol. The van der Waals surface area contributed by atoms with Crippen molar-refractivity contribution in [3.05, 3.63) is 36.4 Å². The normalized spacial score (nSPS) is 11.5. The highest BCUT2D eigenvalue weighted by atomic mass is 16.5. The fourth-order valence-electron chi connectivity index (χ4n) is 1.75. The Morgan fingerprint density at radius 2 is 1.35 bits per heavy atom. The molecule has 2 rings (SSSR count). The van der Waals surface area contributed by atoms with Gasteiger partial charge in [0.1, 0.15) is 17.1 Å². The second kappa shape index (κ2) is 4.28. The fourth-order valence-corrected chi connectivity index (χ4v) is 1.75. The first-order valence-corrected chi connectivity index (χ1v) is 5.75. The lowest BCUT2D eigenvalue weighted by atomic mass is 10.1. The van der Waals surface area contributed by atoms with Crippen LogP contribution in [-0.4, -0.2) is 12.7 Å². The van der Waals surface area contributed by atoms with Crippen molar-refractivity contribution < 1.29 is 9.47 Å². The molecule has 0 heterocycles. The molecule has 0 aliphatic heterocycles. The SMILES string of the molecule is COc1ccc2cc(OC(C)(C)C)ccc2c1. The molecule has 0 saturated carbocycles. The predicted molar refractivity (Wildman–Crippen MR) is 70.9 cm³/mol. The Labute approximate surface area is 102 Å². The van der Waals surface area contributed by atoms with Gasteiger partial charge in [0.15, 0.2) is 0 Å². The van der Waals surface area contributed by atoms with Crippen molar-refractivity contribution in [2.24, 2.45) is 0 Å². The van der Waals surface area contributed by atoms with Crippen molar-refractivity contribution in [2.75, 3.05) is 7.11 Å². The number of benzene rings is 2. The molecule has 0 unspecified atom stereocenters. The van der Waals surface area contributed by atoms with E-state index in [0.29, 0.717) is 0 Å². The summed E-state index contributed by atoms with van der Waals surface area (Å²) < 4.78 is 11.0. The fraction of sp³-hybridized carbons (Fsp3) is 0.333. The average molecular weight is 230 g/mol. The third-order valence-corrected chi connectivity index (χ3v) is 2.44. The average Bonchev–Trinajstić information content (AvgIpc) is 2.26. The highest BCUT2D eigenvalue weighted by molar-refractivity contribution is 5.85. The Morgan fingerprint density at radius 3 is 1.88 bits per heavy atom. The molecule has 0 amide bonds. The third kappa shape index (κ3) is 2.90.